The second-order valence-corrected chi connectivity index (χ2v) is 3.64. The molecule has 0 aliphatic carbocycles. The highest BCUT2D eigenvalue weighted by molar-refractivity contribution is 6.01. The van der Waals surface area contributed by atoms with Gasteiger partial charge >= 0.3 is 0 Å². The molecule has 2 rings (SSSR count). The van der Waals surface area contributed by atoms with Crippen molar-refractivity contribution in [2.24, 2.45) is 0 Å². The van der Waals surface area contributed by atoms with Crippen LogP contribution in [0.5, 0.6) is 0 Å². The molecule has 0 aliphatic rings. The molecule has 0 fully saturated rings. The van der Waals surface area contributed by atoms with Crippen molar-refractivity contribution in [1.29, 1.82) is 0 Å². The zero-order valence-corrected chi connectivity index (χ0v) is 9.78. The van der Waals surface area contributed by atoms with Gasteiger partial charge in [0.05, 0.1) is 11.2 Å². The molecular formula is C13H10N2O4. The highest BCUT2D eigenvalue weighted by atomic mass is 16.6. The van der Waals surface area contributed by atoms with Gasteiger partial charge in [-0.15, -0.1) is 0 Å². The van der Waals surface area contributed by atoms with Crippen molar-refractivity contribution in [1.82, 2.24) is 0 Å². The van der Waals surface area contributed by atoms with Gasteiger partial charge in [-0.05, 0) is 30.3 Å². The summed E-state index contributed by atoms with van der Waals surface area (Å²) in [5.74, 6) is 0.226. The number of furan rings is 1. The van der Waals surface area contributed by atoms with Crippen molar-refractivity contribution < 1.29 is 14.1 Å². The molecule has 0 aliphatic heterocycles. The summed E-state index contributed by atoms with van der Waals surface area (Å²) in [6, 6.07) is 9.02. The Morgan fingerprint density at radius 3 is 2.58 bits per heavy atom. The fourth-order valence-electron chi connectivity index (χ4n) is 1.39. The first kappa shape index (κ1) is 12.6. The highest BCUT2D eigenvalue weighted by Gasteiger charge is 2.04. The predicted molar refractivity (Wildman–Crippen MR) is 69.5 cm³/mol. The van der Waals surface area contributed by atoms with Crippen LogP contribution in [-0.4, -0.2) is 10.8 Å². The van der Waals surface area contributed by atoms with E-state index in [2.05, 4.69) is 5.32 Å². The van der Waals surface area contributed by atoms with E-state index in [9.17, 15) is 14.9 Å². The van der Waals surface area contributed by atoms with Gasteiger partial charge in [0.2, 0.25) is 5.91 Å². The molecule has 96 valence electrons. The summed E-state index contributed by atoms with van der Waals surface area (Å²) >= 11 is 0. The zero-order valence-electron chi connectivity index (χ0n) is 9.78. The average molecular weight is 258 g/mol. The maximum atomic E-state index is 11.6. The van der Waals surface area contributed by atoms with Crippen LogP contribution in [0.1, 0.15) is 5.76 Å². The number of hydrogen-bond donors (Lipinski definition) is 1. The second-order valence-electron chi connectivity index (χ2n) is 3.64. The third kappa shape index (κ3) is 3.53. The van der Waals surface area contributed by atoms with Crippen LogP contribution in [-0.2, 0) is 4.79 Å². The summed E-state index contributed by atoms with van der Waals surface area (Å²) in [5.41, 5.74) is 0.462. The molecule has 19 heavy (non-hydrogen) atoms. The minimum absolute atomic E-state index is 0.0240. The summed E-state index contributed by atoms with van der Waals surface area (Å²) in [6.07, 6.45) is 4.36. The number of nitrogens with one attached hydrogen (secondary N) is 1. The van der Waals surface area contributed by atoms with Gasteiger partial charge in [-0.25, -0.2) is 0 Å². The molecule has 1 N–H and O–H groups in total. The number of amides is 1. The number of non-ortho nitro benzene ring substituents is 1. The van der Waals surface area contributed by atoms with Gasteiger partial charge < -0.3 is 9.73 Å². The van der Waals surface area contributed by atoms with Gasteiger partial charge in [0.1, 0.15) is 5.76 Å². The molecule has 0 spiro atoms. The van der Waals surface area contributed by atoms with Crippen LogP contribution < -0.4 is 5.32 Å². The normalized spacial score (nSPS) is 10.5. The number of nitrogens with zero attached hydrogens (tertiary/aromatic N) is 1. The van der Waals surface area contributed by atoms with Gasteiger partial charge in [-0.3, -0.25) is 14.9 Å². The molecule has 1 aromatic heterocycles. The van der Waals surface area contributed by atoms with Crippen LogP contribution in [0.4, 0.5) is 11.4 Å². The van der Waals surface area contributed by atoms with Gasteiger partial charge in [-0.2, -0.15) is 0 Å². The van der Waals surface area contributed by atoms with Crippen LogP contribution in [0.2, 0.25) is 0 Å². The van der Waals surface area contributed by atoms with Crippen LogP contribution in [0, 0.1) is 10.1 Å². The molecule has 1 heterocycles. The first-order chi connectivity index (χ1) is 9.15. The van der Waals surface area contributed by atoms with Crippen molar-refractivity contribution in [3.63, 3.8) is 0 Å². The maximum Gasteiger partial charge on any atom is 0.269 e. The Kier molecular flexibility index (Phi) is 3.72. The Hall–Kier alpha value is -2.89. The zero-order chi connectivity index (χ0) is 13.7. The Balaban J connectivity index is 1.97. The molecule has 6 nitrogen and oxygen atoms in total. The van der Waals surface area contributed by atoms with Gasteiger partial charge in [0.15, 0.2) is 0 Å². The second kappa shape index (κ2) is 5.63. The van der Waals surface area contributed by atoms with Crippen molar-refractivity contribution in [3.8, 4) is 0 Å². The summed E-state index contributed by atoms with van der Waals surface area (Å²) in [7, 11) is 0. The summed E-state index contributed by atoms with van der Waals surface area (Å²) in [5, 5.41) is 13.0. The number of carbonyl (C=O) groups is 1. The van der Waals surface area contributed by atoms with E-state index in [0.29, 0.717) is 11.4 Å². The maximum absolute atomic E-state index is 11.6. The van der Waals surface area contributed by atoms with Gasteiger partial charge in [-0.1, -0.05) is 0 Å². The van der Waals surface area contributed by atoms with Crippen molar-refractivity contribution >= 4 is 23.4 Å². The lowest BCUT2D eigenvalue weighted by atomic mass is 10.3. The van der Waals surface area contributed by atoms with E-state index in [1.165, 1.54) is 42.7 Å². The van der Waals surface area contributed by atoms with Crippen molar-refractivity contribution in [2.45, 2.75) is 0 Å². The van der Waals surface area contributed by atoms with E-state index in [1.807, 2.05) is 0 Å². The molecule has 0 bridgehead atoms. The first-order valence-electron chi connectivity index (χ1n) is 5.42. The third-order valence-corrected chi connectivity index (χ3v) is 2.29. The third-order valence-electron chi connectivity index (χ3n) is 2.29. The Bertz CT molecular complexity index is 600. The van der Waals surface area contributed by atoms with E-state index in [1.54, 1.807) is 12.1 Å². The Morgan fingerprint density at radius 1 is 1.26 bits per heavy atom. The summed E-state index contributed by atoms with van der Waals surface area (Å²) < 4.78 is 5.03. The molecule has 0 saturated heterocycles. The standard InChI is InChI=1S/C13H10N2O4/c16-13(8-7-12-2-1-9-19-12)14-10-3-5-11(6-4-10)15(17)18/h1-9H,(H,14,16)/b8-7+. The average Bonchev–Trinajstić information content (AvgIpc) is 2.90. The fraction of sp³-hybridized carbons (Fsp3) is 0. The number of nitro groups is 1. The van der Waals surface area contributed by atoms with Crippen LogP contribution in [0.15, 0.2) is 53.2 Å². The Morgan fingerprint density at radius 2 is 2.00 bits per heavy atom. The largest absolute Gasteiger partial charge is 0.465 e. The lowest BCUT2D eigenvalue weighted by molar-refractivity contribution is -0.384. The monoisotopic (exact) mass is 258 g/mol. The van der Waals surface area contributed by atoms with E-state index in [-0.39, 0.29) is 11.6 Å². The van der Waals surface area contributed by atoms with E-state index >= 15 is 0 Å². The number of anilines is 1. The lowest BCUT2D eigenvalue weighted by Crippen LogP contribution is -2.07. The molecular weight excluding hydrogens is 248 g/mol. The van der Waals surface area contributed by atoms with Crippen LogP contribution in [0.3, 0.4) is 0 Å². The fourth-order valence-corrected chi connectivity index (χ4v) is 1.39. The Labute approximate surface area is 108 Å². The minimum Gasteiger partial charge on any atom is -0.465 e. The van der Waals surface area contributed by atoms with E-state index < -0.39 is 4.92 Å². The molecule has 2 aromatic rings. The number of carbonyl (C=O) groups excluding carboxylic acids is 1. The smallest absolute Gasteiger partial charge is 0.269 e. The van der Waals surface area contributed by atoms with Gasteiger partial charge in [0, 0.05) is 23.9 Å². The van der Waals surface area contributed by atoms with Crippen LogP contribution in [0.25, 0.3) is 6.08 Å². The summed E-state index contributed by atoms with van der Waals surface area (Å²) in [4.78, 5) is 21.5. The molecule has 1 amide bonds. The number of hydrogen-bond acceptors (Lipinski definition) is 4. The van der Waals surface area contributed by atoms with Crippen molar-refractivity contribution in [2.75, 3.05) is 5.32 Å². The van der Waals surface area contributed by atoms with Crippen molar-refractivity contribution in [3.05, 3.63) is 64.6 Å². The minimum atomic E-state index is -0.498. The molecule has 0 radical (unpaired) electrons. The van der Waals surface area contributed by atoms with Crippen LogP contribution >= 0.6 is 0 Å². The quantitative estimate of drug-likeness (QED) is 0.519. The molecule has 0 saturated carbocycles. The number of rotatable bonds is 4. The topological polar surface area (TPSA) is 85.4 Å². The van der Waals surface area contributed by atoms with Gasteiger partial charge in [0.25, 0.3) is 5.69 Å². The number of nitro benzene ring substituents is 1. The van der Waals surface area contributed by atoms with E-state index in [0.717, 1.165) is 0 Å². The highest BCUT2D eigenvalue weighted by Crippen LogP contribution is 2.15. The number of benzene rings is 1. The predicted octanol–water partition coefficient (Wildman–Crippen LogP) is 2.84. The molecule has 0 atom stereocenters. The van der Waals surface area contributed by atoms with E-state index in [4.69, 9.17) is 4.42 Å². The molecule has 0 unspecified atom stereocenters. The lowest BCUT2D eigenvalue weighted by Gasteiger charge is -2.00. The molecule has 1 aromatic carbocycles. The summed E-state index contributed by atoms with van der Waals surface area (Å²) in [6.45, 7) is 0. The SMILES string of the molecule is O=C(/C=C/c1ccco1)Nc1ccc([N+](=O)[O-])cc1. The first-order valence-corrected chi connectivity index (χ1v) is 5.42. The molecule has 6 heteroatoms.